The van der Waals surface area contributed by atoms with Crippen LogP contribution in [0.4, 0.5) is 4.39 Å². The van der Waals surface area contributed by atoms with Crippen molar-refractivity contribution in [3.63, 3.8) is 0 Å². The maximum atomic E-state index is 12.7. The summed E-state index contributed by atoms with van der Waals surface area (Å²) in [6.07, 6.45) is 1.03. The first-order valence-electron chi connectivity index (χ1n) is 3.40. The molecule has 0 saturated carbocycles. The van der Waals surface area contributed by atoms with Gasteiger partial charge in [0.25, 0.3) is 0 Å². The molecule has 0 fully saturated rings. The van der Waals surface area contributed by atoms with Gasteiger partial charge in [-0.2, -0.15) is 4.73 Å². The molecule has 0 atom stereocenters. The van der Waals surface area contributed by atoms with Crippen molar-refractivity contribution in [3.05, 3.63) is 23.8 Å². The summed E-state index contributed by atoms with van der Waals surface area (Å²) in [6.45, 7) is 1.74. The molecule has 0 aliphatic carbocycles. The van der Waals surface area contributed by atoms with Gasteiger partial charge in [0, 0.05) is 6.20 Å². The van der Waals surface area contributed by atoms with Crippen LogP contribution in [0.3, 0.4) is 0 Å². The lowest BCUT2D eigenvalue weighted by Gasteiger charge is -2.00. The molecule has 12 heavy (non-hydrogen) atoms. The highest BCUT2D eigenvalue weighted by Crippen LogP contribution is 2.08. The van der Waals surface area contributed by atoms with Crippen molar-refractivity contribution in [2.45, 2.75) is 6.92 Å². The van der Waals surface area contributed by atoms with Crippen molar-refractivity contribution in [1.29, 1.82) is 0 Å². The SMILES string of the molecule is CCOC(=O)c1c(F)ccn1O. The van der Waals surface area contributed by atoms with E-state index in [-0.39, 0.29) is 6.61 Å². The summed E-state index contributed by atoms with van der Waals surface area (Å²) < 4.78 is 17.6. The summed E-state index contributed by atoms with van der Waals surface area (Å²) >= 11 is 0. The van der Waals surface area contributed by atoms with E-state index in [0.717, 1.165) is 12.3 Å². The van der Waals surface area contributed by atoms with Crippen molar-refractivity contribution in [2.75, 3.05) is 6.61 Å². The van der Waals surface area contributed by atoms with E-state index in [9.17, 15) is 9.18 Å². The standard InChI is InChI=1S/C7H8FNO3/c1-2-12-7(10)6-5(8)3-4-9(6)11/h3-4,11H,2H2,1H3. The molecule has 1 aromatic rings. The Kier molecular flexibility index (Phi) is 2.32. The Morgan fingerprint density at radius 1 is 1.83 bits per heavy atom. The molecule has 0 aliphatic heterocycles. The summed E-state index contributed by atoms with van der Waals surface area (Å²) in [7, 11) is 0. The molecular formula is C7H8FNO3. The number of aromatic nitrogens is 1. The molecule has 1 rings (SSSR count). The van der Waals surface area contributed by atoms with Crippen LogP contribution in [0.2, 0.25) is 0 Å². The summed E-state index contributed by atoms with van der Waals surface area (Å²) in [4.78, 5) is 10.9. The Morgan fingerprint density at radius 3 is 2.92 bits per heavy atom. The number of ether oxygens (including phenoxy) is 1. The van der Waals surface area contributed by atoms with Crippen LogP contribution in [0.25, 0.3) is 0 Å². The second-order valence-corrected chi connectivity index (χ2v) is 2.08. The fourth-order valence-electron chi connectivity index (χ4n) is 0.789. The third kappa shape index (κ3) is 1.39. The zero-order valence-electron chi connectivity index (χ0n) is 6.45. The van der Waals surface area contributed by atoms with Gasteiger partial charge >= 0.3 is 5.97 Å². The molecule has 0 aliphatic rings. The monoisotopic (exact) mass is 173 g/mol. The summed E-state index contributed by atoms with van der Waals surface area (Å²) in [5.74, 6) is -1.67. The molecule has 0 radical (unpaired) electrons. The van der Waals surface area contributed by atoms with Crippen LogP contribution < -0.4 is 0 Å². The highest BCUT2D eigenvalue weighted by atomic mass is 19.1. The van der Waals surface area contributed by atoms with Gasteiger partial charge in [-0.15, -0.1) is 0 Å². The van der Waals surface area contributed by atoms with E-state index in [1.165, 1.54) is 0 Å². The van der Waals surface area contributed by atoms with E-state index >= 15 is 0 Å². The smallest absolute Gasteiger partial charge is 0.361 e. The number of nitrogens with zero attached hydrogens (tertiary/aromatic N) is 1. The molecule has 4 nitrogen and oxygen atoms in total. The number of carbonyl (C=O) groups excluding carboxylic acids is 1. The number of esters is 1. The van der Waals surface area contributed by atoms with Crippen LogP contribution in [0.1, 0.15) is 17.4 Å². The fourth-order valence-corrected chi connectivity index (χ4v) is 0.789. The Bertz CT molecular complexity index is 275. The molecule has 0 saturated heterocycles. The number of hydrogen-bond acceptors (Lipinski definition) is 3. The minimum atomic E-state index is -0.873. The summed E-state index contributed by atoms with van der Waals surface area (Å²) in [6, 6.07) is 0.978. The van der Waals surface area contributed by atoms with E-state index in [1.807, 2.05) is 0 Å². The van der Waals surface area contributed by atoms with Gasteiger partial charge in [-0.05, 0) is 13.0 Å². The molecule has 0 spiro atoms. The van der Waals surface area contributed by atoms with Crippen LogP contribution in [0.15, 0.2) is 12.3 Å². The molecule has 0 unspecified atom stereocenters. The first-order valence-corrected chi connectivity index (χ1v) is 3.40. The molecule has 66 valence electrons. The fraction of sp³-hybridized carbons (Fsp3) is 0.286. The van der Waals surface area contributed by atoms with Crippen LogP contribution >= 0.6 is 0 Å². The first kappa shape index (κ1) is 8.58. The van der Waals surface area contributed by atoms with E-state index < -0.39 is 17.5 Å². The van der Waals surface area contributed by atoms with Gasteiger partial charge in [0.15, 0.2) is 11.5 Å². The topological polar surface area (TPSA) is 51.5 Å². The number of hydrogen-bond donors (Lipinski definition) is 1. The zero-order valence-corrected chi connectivity index (χ0v) is 6.45. The minimum Gasteiger partial charge on any atom is -0.461 e. The molecule has 1 heterocycles. The van der Waals surface area contributed by atoms with Crippen molar-refractivity contribution in [3.8, 4) is 0 Å². The van der Waals surface area contributed by atoms with Crippen LogP contribution in [-0.4, -0.2) is 22.5 Å². The van der Waals surface area contributed by atoms with E-state index in [0.29, 0.717) is 4.73 Å². The Hall–Kier alpha value is -1.52. The number of halogens is 1. The van der Waals surface area contributed by atoms with Gasteiger partial charge < -0.3 is 9.94 Å². The van der Waals surface area contributed by atoms with Crippen molar-refractivity contribution >= 4 is 5.97 Å². The van der Waals surface area contributed by atoms with Gasteiger partial charge in [-0.25, -0.2) is 9.18 Å². The summed E-state index contributed by atoms with van der Waals surface area (Å²) in [5, 5.41) is 8.90. The van der Waals surface area contributed by atoms with Gasteiger partial charge in [0.05, 0.1) is 6.61 Å². The average Bonchev–Trinajstić information content (AvgIpc) is 2.32. The van der Waals surface area contributed by atoms with E-state index in [4.69, 9.17) is 5.21 Å². The lowest BCUT2D eigenvalue weighted by Crippen LogP contribution is -2.11. The van der Waals surface area contributed by atoms with Crippen molar-refractivity contribution in [1.82, 2.24) is 4.73 Å². The molecular weight excluding hydrogens is 165 g/mol. The van der Waals surface area contributed by atoms with Gasteiger partial charge in [0.1, 0.15) is 0 Å². The third-order valence-electron chi connectivity index (χ3n) is 1.29. The minimum absolute atomic E-state index is 0.142. The van der Waals surface area contributed by atoms with Crippen LogP contribution in [0, 0.1) is 5.82 Å². The lowest BCUT2D eigenvalue weighted by molar-refractivity contribution is 0.0468. The largest absolute Gasteiger partial charge is 0.461 e. The predicted molar refractivity (Wildman–Crippen MR) is 37.5 cm³/mol. The maximum Gasteiger partial charge on any atom is 0.361 e. The first-order chi connectivity index (χ1) is 5.66. The molecule has 0 bridgehead atoms. The molecule has 5 heteroatoms. The van der Waals surface area contributed by atoms with Crippen LogP contribution in [0.5, 0.6) is 0 Å². The molecule has 1 aromatic heterocycles. The lowest BCUT2D eigenvalue weighted by atomic mass is 10.4. The van der Waals surface area contributed by atoms with Crippen LogP contribution in [-0.2, 0) is 4.74 Å². The number of carbonyl (C=O) groups is 1. The zero-order chi connectivity index (χ0) is 9.14. The molecule has 0 amide bonds. The second kappa shape index (κ2) is 3.25. The highest BCUT2D eigenvalue weighted by Gasteiger charge is 2.17. The Labute approximate surface area is 68.1 Å². The molecule has 0 aromatic carbocycles. The second-order valence-electron chi connectivity index (χ2n) is 2.08. The average molecular weight is 173 g/mol. The highest BCUT2D eigenvalue weighted by molar-refractivity contribution is 5.87. The summed E-state index contributed by atoms with van der Waals surface area (Å²) in [5.41, 5.74) is -0.475. The van der Waals surface area contributed by atoms with Crippen molar-refractivity contribution in [2.24, 2.45) is 0 Å². The third-order valence-corrected chi connectivity index (χ3v) is 1.29. The normalized spacial score (nSPS) is 9.83. The molecule has 1 N–H and O–H groups in total. The van der Waals surface area contributed by atoms with Gasteiger partial charge in [-0.3, -0.25) is 0 Å². The van der Waals surface area contributed by atoms with Gasteiger partial charge in [0.2, 0.25) is 0 Å². The quantitative estimate of drug-likeness (QED) is 0.537. The van der Waals surface area contributed by atoms with Crippen molar-refractivity contribution < 1.29 is 19.1 Å². The Morgan fingerprint density at radius 2 is 2.50 bits per heavy atom. The van der Waals surface area contributed by atoms with E-state index in [1.54, 1.807) is 6.92 Å². The predicted octanol–water partition coefficient (Wildman–Crippen LogP) is 1.04. The van der Waals surface area contributed by atoms with Gasteiger partial charge in [-0.1, -0.05) is 0 Å². The van der Waals surface area contributed by atoms with E-state index in [2.05, 4.69) is 4.74 Å². The maximum absolute atomic E-state index is 12.7. The Balaban J connectivity index is 2.93. The number of rotatable bonds is 2.